The van der Waals surface area contributed by atoms with E-state index in [0.29, 0.717) is 11.1 Å². The first-order valence-electron chi connectivity index (χ1n) is 6.30. The number of hydrogen-bond donors (Lipinski definition) is 1. The van der Waals surface area contributed by atoms with Crippen LogP contribution in [0.25, 0.3) is 10.9 Å². The molecule has 0 aliphatic heterocycles. The minimum absolute atomic E-state index is 0.104. The molecule has 0 fully saturated rings. The highest BCUT2D eigenvalue weighted by atomic mass is 19.1. The summed E-state index contributed by atoms with van der Waals surface area (Å²) in [4.78, 5) is 10.9. The molecule has 0 aliphatic carbocycles. The fourth-order valence-electron chi connectivity index (χ4n) is 2.36. The van der Waals surface area contributed by atoms with Crippen molar-refractivity contribution in [2.75, 3.05) is 0 Å². The topological polar surface area (TPSA) is 42.2 Å². The molecule has 0 aliphatic rings. The van der Waals surface area contributed by atoms with Crippen molar-refractivity contribution >= 4 is 16.9 Å². The molecular weight excluding hydrogens is 276 g/mol. The van der Waals surface area contributed by atoms with Gasteiger partial charge < -0.3 is 9.67 Å². The average molecular weight is 287 g/mol. The molecular formula is C16H11F2NO2. The highest BCUT2D eigenvalue weighted by Gasteiger charge is 2.09. The van der Waals surface area contributed by atoms with Crippen molar-refractivity contribution in [1.82, 2.24) is 4.57 Å². The van der Waals surface area contributed by atoms with E-state index in [-0.39, 0.29) is 17.9 Å². The van der Waals surface area contributed by atoms with Crippen molar-refractivity contribution in [3.8, 4) is 0 Å². The Morgan fingerprint density at radius 1 is 1.05 bits per heavy atom. The minimum atomic E-state index is -1.18. The van der Waals surface area contributed by atoms with Crippen molar-refractivity contribution in [2.24, 2.45) is 0 Å². The number of hydrogen-bond acceptors (Lipinski definition) is 1. The molecule has 1 heterocycles. The van der Waals surface area contributed by atoms with E-state index in [1.54, 1.807) is 16.8 Å². The molecule has 21 heavy (non-hydrogen) atoms. The molecule has 0 bridgehead atoms. The van der Waals surface area contributed by atoms with Gasteiger partial charge in [0, 0.05) is 12.7 Å². The van der Waals surface area contributed by atoms with Crippen LogP contribution in [0.15, 0.2) is 48.7 Å². The Hall–Kier alpha value is -2.69. The zero-order valence-corrected chi connectivity index (χ0v) is 10.9. The van der Waals surface area contributed by atoms with Gasteiger partial charge in [0.05, 0.1) is 11.1 Å². The van der Waals surface area contributed by atoms with Gasteiger partial charge in [-0.25, -0.2) is 13.6 Å². The van der Waals surface area contributed by atoms with Crippen LogP contribution in [-0.2, 0) is 6.54 Å². The molecule has 0 radical (unpaired) electrons. The number of carbonyl (C=O) groups is 1. The van der Waals surface area contributed by atoms with E-state index in [4.69, 9.17) is 5.11 Å². The molecule has 3 aromatic rings. The van der Waals surface area contributed by atoms with E-state index in [1.807, 2.05) is 6.07 Å². The lowest BCUT2D eigenvalue weighted by atomic mass is 10.1. The lowest BCUT2D eigenvalue weighted by Crippen LogP contribution is -2.03. The summed E-state index contributed by atoms with van der Waals surface area (Å²) in [5.41, 5.74) is 1.08. The number of rotatable bonds is 3. The summed E-state index contributed by atoms with van der Waals surface area (Å²) in [6, 6.07) is 9.92. The van der Waals surface area contributed by atoms with Gasteiger partial charge >= 0.3 is 5.97 Å². The van der Waals surface area contributed by atoms with E-state index >= 15 is 0 Å². The number of halogens is 2. The number of benzene rings is 2. The third-order valence-electron chi connectivity index (χ3n) is 3.29. The van der Waals surface area contributed by atoms with Crippen LogP contribution in [0.5, 0.6) is 0 Å². The second kappa shape index (κ2) is 5.01. The number of carboxylic acids is 1. The summed E-state index contributed by atoms with van der Waals surface area (Å²) in [5.74, 6) is -2.14. The van der Waals surface area contributed by atoms with Crippen molar-refractivity contribution in [3.63, 3.8) is 0 Å². The van der Waals surface area contributed by atoms with Crippen LogP contribution in [0.2, 0.25) is 0 Å². The van der Waals surface area contributed by atoms with Crippen molar-refractivity contribution in [3.05, 3.63) is 71.4 Å². The zero-order chi connectivity index (χ0) is 15.0. The lowest BCUT2D eigenvalue weighted by molar-refractivity contribution is 0.0696. The SMILES string of the molecule is O=C(O)c1cc(F)cc(Cn2ccc3ccc(F)cc32)c1. The largest absolute Gasteiger partial charge is 0.478 e. The fraction of sp³-hybridized carbons (Fsp3) is 0.0625. The summed E-state index contributed by atoms with van der Waals surface area (Å²) in [6.07, 6.45) is 1.76. The Morgan fingerprint density at radius 3 is 2.62 bits per heavy atom. The van der Waals surface area contributed by atoms with Gasteiger partial charge in [-0.2, -0.15) is 0 Å². The zero-order valence-electron chi connectivity index (χ0n) is 10.9. The lowest BCUT2D eigenvalue weighted by Gasteiger charge is -2.07. The van der Waals surface area contributed by atoms with Crippen molar-refractivity contribution in [1.29, 1.82) is 0 Å². The van der Waals surface area contributed by atoms with Gasteiger partial charge in [-0.3, -0.25) is 0 Å². The van der Waals surface area contributed by atoms with Crippen molar-refractivity contribution in [2.45, 2.75) is 6.54 Å². The van der Waals surface area contributed by atoms with Gasteiger partial charge in [0.15, 0.2) is 0 Å². The van der Waals surface area contributed by atoms with Gasteiger partial charge in [-0.05, 0) is 53.4 Å². The first-order valence-corrected chi connectivity index (χ1v) is 6.30. The monoisotopic (exact) mass is 287 g/mol. The Bertz CT molecular complexity index is 839. The third-order valence-corrected chi connectivity index (χ3v) is 3.29. The Labute approximate surface area is 119 Å². The van der Waals surface area contributed by atoms with Crippen LogP contribution in [-0.4, -0.2) is 15.6 Å². The van der Waals surface area contributed by atoms with Gasteiger partial charge in [-0.15, -0.1) is 0 Å². The molecule has 3 nitrogen and oxygen atoms in total. The second-order valence-electron chi connectivity index (χ2n) is 4.80. The van der Waals surface area contributed by atoms with E-state index in [2.05, 4.69) is 0 Å². The van der Waals surface area contributed by atoms with Crippen LogP contribution in [0.4, 0.5) is 8.78 Å². The average Bonchev–Trinajstić information content (AvgIpc) is 2.80. The highest BCUT2D eigenvalue weighted by molar-refractivity contribution is 5.87. The molecule has 0 saturated carbocycles. The van der Waals surface area contributed by atoms with Crippen molar-refractivity contribution < 1.29 is 18.7 Å². The van der Waals surface area contributed by atoms with E-state index in [9.17, 15) is 13.6 Å². The first kappa shape index (κ1) is 13.3. The van der Waals surface area contributed by atoms with Crippen LogP contribution >= 0.6 is 0 Å². The van der Waals surface area contributed by atoms with E-state index < -0.39 is 11.8 Å². The van der Waals surface area contributed by atoms with E-state index in [1.165, 1.54) is 24.3 Å². The number of fused-ring (bicyclic) bond motifs is 1. The standard InChI is InChI=1S/C16H11F2NO2/c17-13-2-1-11-3-4-19(15(11)8-13)9-10-5-12(16(20)21)7-14(18)6-10/h1-8H,9H2,(H,20,21). The Balaban J connectivity index is 2.02. The number of nitrogens with zero attached hydrogens (tertiary/aromatic N) is 1. The maximum Gasteiger partial charge on any atom is 0.335 e. The third kappa shape index (κ3) is 2.63. The molecule has 1 N–H and O–H groups in total. The molecule has 0 atom stereocenters. The van der Waals surface area contributed by atoms with Gasteiger partial charge in [0.25, 0.3) is 0 Å². The second-order valence-corrected chi connectivity index (χ2v) is 4.80. The van der Waals surface area contributed by atoms with Gasteiger partial charge in [-0.1, -0.05) is 0 Å². The normalized spacial score (nSPS) is 11.0. The molecule has 1 aromatic heterocycles. The van der Waals surface area contributed by atoms with Gasteiger partial charge in [0.1, 0.15) is 11.6 Å². The summed E-state index contributed by atoms with van der Waals surface area (Å²) < 4.78 is 28.5. The molecule has 0 spiro atoms. The molecule has 106 valence electrons. The summed E-state index contributed by atoms with van der Waals surface area (Å²) in [7, 11) is 0. The fourth-order valence-corrected chi connectivity index (χ4v) is 2.36. The van der Waals surface area contributed by atoms with Crippen LogP contribution in [0, 0.1) is 11.6 Å². The Kier molecular flexibility index (Phi) is 3.17. The number of carboxylic acid groups (broad SMARTS) is 1. The maximum absolute atomic E-state index is 13.5. The summed E-state index contributed by atoms with van der Waals surface area (Å²) in [6.45, 7) is 0.269. The summed E-state index contributed by atoms with van der Waals surface area (Å²) >= 11 is 0. The van der Waals surface area contributed by atoms with Gasteiger partial charge in [0.2, 0.25) is 0 Å². The summed E-state index contributed by atoms with van der Waals surface area (Å²) in [5, 5.41) is 9.81. The smallest absolute Gasteiger partial charge is 0.335 e. The first-order chi connectivity index (χ1) is 10.0. The quantitative estimate of drug-likeness (QED) is 0.798. The Morgan fingerprint density at radius 2 is 1.86 bits per heavy atom. The van der Waals surface area contributed by atoms with Crippen LogP contribution < -0.4 is 0 Å². The molecule has 3 rings (SSSR count). The van der Waals surface area contributed by atoms with E-state index in [0.717, 1.165) is 11.5 Å². The predicted octanol–water partition coefficient (Wildman–Crippen LogP) is 3.67. The highest BCUT2D eigenvalue weighted by Crippen LogP contribution is 2.19. The molecule has 0 unspecified atom stereocenters. The molecule has 0 saturated heterocycles. The molecule has 2 aromatic carbocycles. The van der Waals surface area contributed by atoms with Crippen LogP contribution in [0.3, 0.4) is 0 Å². The minimum Gasteiger partial charge on any atom is -0.478 e. The maximum atomic E-state index is 13.5. The predicted molar refractivity (Wildman–Crippen MR) is 74.4 cm³/mol. The number of aromatic nitrogens is 1. The van der Waals surface area contributed by atoms with Crippen LogP contribution in [0.1, 0.15) is 15.9 Å². The molecule has 5 heteroatoms. The molecule has 0 amide bonds. The number of aromatic carboxylic acids is 1.